The van der Waals surface area contributed by atoms with Gasteiger partial charge in [-0.3, -0.25) is 0 Å². The van der Waals surface area contributed by atoms with Crippen LogP contribution in [0.25, 0.3) is 11.4 Å². The summed E-state index contributed by atoms with van der Waals surface area (Å²) in [6.07, 6.45) is 0.728. The molecule has 0 spiro atoms. The summed E-state index contributed by atoms with van der Waals surface area (Å²) >= 11 is 0. The summed E-state index contributed by atoms with van der Waals surface area (Å²) in [6, 6.07) is 2.55. The number of nitrogens with one attached hydrogen (secondary N) is 2. The maximum Gasteiger partial charge on any atom is 0.242 e. The first kappa shape index (κ1) is 23.2. The van der Waals surface area contributed by atoms with Gasteiger partial charge in [0.15, 0.2) is 0 Å². The predicted molar refractivity (Wildman–Crippen MR) is 111 cm³/mol. The van der Waals surface area contributed by atoms with Crippen molar-refractivity contribution in [3.8, 4) is 11.4 Å². The van der Waals surface area contributed by atoms with Crippen molar-refractivity contribution in [2.24, 2.45) is 16.6 Å². The summed E-state index contributed by atoms with van der Waals surface area (Å²) in [5.41, 5.74) is 12.1. The molecule has 0 radical (unpaired) electrons. The molecule has 0 saturated carbocycles. The van der Waals surface area contributed by atoms with Crippen molar-refractivity contribution in [2.45, 2.75) is 15.9 Å². The number of benzene rings is 1. The van der Waals surface area contributed by atoms with Gasteiger partial charge >= 0.3 is 0 Å². The molecule has 2 aromatic rings. The summed E-state index contributed by atoms with van der Waals surface area (Å²) in [5.74, 6) is -0.153. The van der Waals surface area contributed by atoms with Gasteiger partial charge in [0.25, 0.3) is 0 Å². The molecule has 31 heavy (non-hydrogen) atoms. The van der Waals surface area contributed by atoms with Gasteiger partial charge in [-0.15, -0.1) is 10.2 Å². The summed E-state index contributed by atoms with van der Waals surface area (Å²) in [5, 5.41) is 28.4. The molecular formula is C15H23N9O5S2. The number of H-pyrrole nitrogens is 1. The van der Waals surface area contributed by atoms with Gasteiger partial charge in [0, 0.05) is 38.4 Å². The standard InChI is InChI=1S/C15H23N9O5S2/c16-5-9-3-4-24(8-9)11-1-2-12(31(28,29)19-7-10(25)6-17)14(30(18,26)27)13(11)15-20-22-23-21-15/h1-3,10,19,25H,4-8,16-17H2,(H2,18,26,27)(H,20,21,22,23)/t10-/m1/s1. The number of aliphatic hydroxyl groups excluding tert-OH is 1. The second kappa shape index (κ2) is 8.95. The van der Waals surface area contributed by atoms with Crippen LogP contribution in [0.2, 0.25) is 0 Å². The van der Waals surface area contributed by atoms with Crippen LogP contribution in [-0.4, -0.2) is 81.4 Å². The number of tetrazole rings is 1. The second-order valence-corrected chi connectivity index (χ2v) is 9.99. The van der Waals surface area contributed by atoms with E-state index in [9.17, 15) is 21.9 Å². The van der Waals surface area contributed by atoms with E-state index in [0.717, 1.165) is 11.6 Å². The molecule has 0 aliphatic carbocycles. The highest BCUT2D eigenvalue weighted by Gasteiger charge is 2.33. The number of hydrogen-bond donors (Lipinski definition) is 6. The van der Waals surface area contributed by atoms with Gasteiger partial charge in [-0.25, -0.2) is 26.7 Å². The van der Waals surface area contributed by atoms with Crippen molar-refractivity contribution < 1.29 is 21.9 Å². The lowest BCUT2D eigenvalue weighted by atomic mass is 10.1. The third-order valence-corrected chi connectivity index (χ3v) is 7.21. The lowest BCUT2D eigenvalue weighted by Crippen LogP contribution is -2.37. The van der Waals surface area contributed by atoms with E-state index in [2.05, 4.69) is 25.3 Å². The smallest absolute Gasteiger partial charge is 0.242 e. The fourth-order valence-corrected chi connectivity index (χ4v) is 5.77. The van der Waals surface area contributed by atoms with E-state index in [1.807, 2.05) is 6.08 Å². The molecule has 1 aliphatic rings. The Balaban J connectivity index is 2.22. The number of aromatic nitrogens is 4. The zero-order chi connectivity index (χ0) is 22.8. The number of anilines is 1. The Hall–Kier alpha value is -2.47. The van der Waals surface area contributed by atoms with Gasteiger partial charge in [-0.2, -0.15) is 5.21 Å². The van der Waals surface area contributed by atoms with E-state index in [0.29, 0.717) is 25.3 Å². The van der Waals surface area contributed by atoms with Crippen LogP contribution in [0.15, 0.2) is 33.6 Å². The molecule has 0 saturated heterocycles. The minimum absolute atomic E-state index is 0.120. The summed E-state index contributed by atoms with van der Waals surface area (Å²) in [7, 11) is -9.00. The molecule has 1 atom stereocenters. The van der Waals surface area contributed by atoms with E-state index >= 15 is 0 Å². The molecule has 9 N–H and O–H groups in total. The lowest BCUT2D eigenvalue weighted by molar-refractivity contribution is 0.186. The maximum absolute atomic E-state index is 12.9. The molecule has 1 aliphatic heterocycles. The van der Waals surface area contributed by atoms with Crippen LogP contribution in [0.1, 0.15) is 0 Å². The first-order valence-electron chi connectivity index (χ1n) is 9.02. The predicted octanol–water partition coefficient (Wildman–Crippen LogP) is -3.18. The van der Waals surface area contributed by atoms with E-state index in [-0.39, 0.29) is 17.9 Å². The quantitative estimate of drug-likeness (QED) is 0.198. The second-order valence-electron chi connectivity index (χ2n) is 6.76. The molecular weight excluding hydrogens is 450 g/mol. The zero-order valence-electron chi connectivity index (χ0n) is 16.3. The fraction of sp³-hybridized carbons (Fsp3) is 0.400. The van der Waals surface area contributed by atoms with Gasteiger partial charge in [0.05, 0.1) is 11.7 Å². The molecule has 0 amide bonds. The molecule has 3 rings (SSSR count). The van der Waals surface area contributed by atoms with E-state index < -0.39 is 42.5 Å². The van der Waals surface area contributed by atoms with Crippen LogP contribution in [0.4, 0.5) is 5.69 Å². The van der Waals surface area contributed by atoms with Crippen molar-refractivity contribution in [1.82, 2.24) is 25.3 Å². The number of hydrogen-bond acceptors (Lipinski definition) is 11. The van der Waals surface area contributed by atoms with Crippen LogP contribution in [0.3, 0.4) is 0 Å². The number of rotatable bonds is 9. The number of aliphatic hydroxyl groups is 1. The molecule has 16 heteroatoms. The summed E-state index contributed by atoms with van der Waals surface area (Å²) in [4.78, 5) is 0.473. The normalized spacial score (nSPS) is 15.9. The van der Waals surface area contributed by atoms with E-state index in [1.54, 1.807) is 4.90 Å². The van der Waals surface area contributed by atoms with Gasteiger partial charge in [0.2, 0.25) is 25.9 Å². The van der Waals surface area contributed by atoms with Crippen molar-refractivity contribution in [1.29, 1.82) is 0 Å². The average molecular weight is 474 g/mol. The van der Waals surface area contributed by atoms with Gasteiger partial charge in [-0.05, 0) is 22.9 Å². The number of sulfonamides is 2. The third-order valence-electron chi connectivity index (χ3n) is 4.62. The van der Waals surface area contributed by atoms with E-state index in [1.165, 1.54) is 6.07 Å². The van der Waals surface area contributed by atoms with Crippen molar-refractivity contribution in [2.75, 3.05) is 37.6 Å². The summed E-state index contributed by atoms with van der Waals surface area (Å²) < 4.78 is 53.1. The average Bonchev–Trinajstić information content (AvgIpc) is 3.42. The van der Waals surface area contributed by atoms with Crippen LogP contribution < -0.4 is 26.2 Å². The van der Waals surface area contributed by atoms with Crippen molar-refractivity contribution in [3.05, 3.63) is 23.8 Å². The molecule has 0 fully saturated rings. The molecule has 0 bridgehead atoms. The number of nitrogens with two attached hydrogens (primary N) is 3. The van der Waals surface area contributed by atoms with Gasteiger partial charge in [0.1, 0.15) is 9.79 Å². The SMILES string of the molecule is NCC1=CCN(c2ccc(S(=O)(=O)NC[C@H](O)CN)c(S(N)(=O)=O)c2-c2nn[nH]n2)C1. The van der Waals surface area contributed by atoms with Crippen LogP contribution >= 0.6 is 0 Å². The van der Waals surface area contributed by atoms with Gasteiger partial charge in [-0.1, -0.05) is 6.08 Å². The largest absolute Gasteiger partial charge is 0.390 e. The first-order valence-corrected chi connectivity index (χ1v) is 12.1. The highest BCUT2D eigenvalue weighted by molar-refractivity contribution is 7.92. The topological polar surface area (TPSA) is 236 Å². The first-order chi connectivity index (χ1) is 14.6. The zero-order valence-corrected chi connectivity index (χ0v) is 17.9. The maximum atomic E-state index is 12.9. The Labute approximate surface area is 178 Å². The Bertz CT molecular complexity index is 1180. The molecule has 1 aromatic carbocycles. The molecule has 1 aromatic heterocycles. The Morgan fingerprint density at radius 1 is 1.26 bits per heavy atom. The Morgan fingerprint density at radius 3 is 2.55 bits per heavy atom. The number of primary sulfonamides is 1. The number of aromatic amines is 1. The highest BCUT2D eigenvalue weighted by Crippen LogP contribution is 2.39. The van der Waals surface area contributed by atoms with Crippen molar-refractivity contribution in [3.63, 3.8) is 0 Å². The molecule has 14 nitrogen and oxygen atoms in total. The van der Waals surface area contributed by atoms with Crippen LogP contribution in [0, 0.1) is 0 Å². The summed E-state index contributed by atoms with van der Waals surface area (Å²) in [6.45, 7) is 0.518. The van der Waals surface area contributed by atoms with Crippen LogP contribution in [-0.2, 0) is 20.0 Å². The minimum atomic E-state index is -4.58. The lowest BCUT2D eigenvalue weighted by Gasteiger charge is -2.24. The van der Waals surface area contributed by atoms with E-state index in [4.69, 9.17) is 16.6 Å². The monoisotopic (exact) mass is 473 g/mol. The molecule has 0 unspecified atom stereocenters. The Kier molecular flexibility index (Phi) is 6.70. The van der Waals surface area contributed by atoms with Gasteiger partial charge < -0.3 is 21.5 Å². The fourth-order valence-electron chi connectivity index (χ4n) is 3.11. The minimum Gasteiger partial charge on any atom is -0.390 e. The molecule has 2 heterocycles. The molecule has 170 valence electrons. The third kappa shape index (κ3) is 4.90. The van der Waals surface area contributed by atoms with Crippen LogP contribution in [0.5, 0.6) is 0 Å². The highest BCUT2D eigenvalue weighted by atomic mass is 32.2. The van der Waals surface area contributed by atoms with Crippen molar-refractivity contribution >= 4 is 25.7 Å². The number of nitrogens with zero attached hydrogens (tertiary/aromatic N) is 4. The Morgan fingerprint density at radius 2 is 2.00 bits per heavy atom.